The van der Waals surface area contributed by atoms with Gasteiger partial charge in [-0.3, -0.25) is 19.4 Å². The molecular weight excluding hydrogens is 492 g/mol. The molecule has 0 aliphatic carbocycles. The van der Waals surface area contributed by atoms with Crippen molar-refractivity contribution in [2.75, 3.05) is 59.1 Å². The van der Waals surface area contributed by atoms with Crippen molar-refractivity contribution in [3.05, 3.63) is 65.2 Å². The number of rotatable bonds is 4. The fourth-order valence-electron chi connectivity index (χ4n) is 6.01. The monoisotopic (exact) mass is 534 g/mol. The van der Waals surface area contributed by atoms with Crippen molar-refractivity contribution in [1.29, 1.82) is 0 Å². The van der Waals surface area contributed by atoms with E-state index in [1.807, 2.05) is 12.1 Å². The van der Waals surface area contributed by atoms with Crippen LogP contribution < -0.4 is 15.4 Å². The first-order valence-electron chi connectivity index (χ1n) is 14.5. The van der Waals surface area contributed by atoms with E-state index in [1.165, 1.54) is 11.1 Å². The quantitative estimate of drug-likeness (QED) is 0.627. The lowest BCUT2D eigenvalue weighted by Crippen LogP contribution is -2.49. The lowest BCUT2D eigenvalue weighted by molar-refractivity contribution is -0.134. The lowest BCUT2D eigenvalue weighted by atomic mass is 9.73. The van der Waals surface area contributed by atoms with E-state index < -0.39 is 0 Å². The second kappa shape index (κ2) is 13.4. The number of ether oxygens (including phenoxy) is 2. The first-order valence-corrected chi connectivity index (χ1v) is 14.5. The molecule has 8 heteroatoms. The molecule has 0 saturated carbocycles. The molecule has 1 spiro atoms. The summed E-state index contributed by atoms with van der Waals surface area (Å²) in [5.74, 6) is 0.592. The molecule has 0 atom stereocenters. The number of morpholine rings is 1. The van der Waals surface area contributed by atoms with Crippen LogP contribution in [-0.2, 0) is 22.6 Å². The fraction of sp³-hybridized carbons (Fsp3) is 0.548. The van der Waals surface area contributed by atoms with Gasteiger partial charge in [0.1, 0.15) is 12.4 Å². The molecular formula is C31H42N4O4. The van der Waals surface area contributed by atoms with E-state index in [0.717, 1.165) is 84.6 Å². The minimum absolute atomic E-state index is 0.108. The molecule has 0 aromatic heterocycles. The van der Waals surface area contributed by atoms with Crippen molar-refractivity contribution in [2.24, 2.45) is 5.41 Å². The number of likely N-dealkylation sites (tertiary alicyclic amines) is 1. The van der Waals surface area contributed by atoms with Gasteiger partial charge in [-0.05, 0) is 62.0 Å². The fourth-order valence-corrected chi connectivity index (χ4v) is 6.01. The summed E-state index contributed by atoms with van der Waals surface area (Å²) in [6, 6.07) is 16.2. The number of piperidine rings is 1. The molecule has 0 unspecified atom stereocenters. The van der Waals surface area contributed by atoms with E-state index in [2.05, 4.69) is 44.7 Å². The maximum absolute atomic E-state index is 13.5. The van der Waals surface area contributed by atoms with E-state index in [9.17, 15) is 9.59 Å². The number of fused-ring (bicyclic) bond motifs is 1. The molecule has 210 valence electrons. The Kier molecular flexibility index (Phi) is 9.50. The summed E-state index contributed by atoms with van der Waals surface area (Å²) in [6.45, 7) is 8.66. The van der Waals surface area contributed by atoms with Gasteiger partial charge in [0.2, 0.25) is 5.91 Å². The van der Waals surface area contributed by atoms with Crippen LogP contribution in [-0.4, -0.2) is 80.7 Å². The third-order valence-electron chi connectivity index (χ3n) is 8.35. The van der Waals surface area contributed by atoms with Crippen LogP contribution in [0.25, 0.3) is 0 Å². The van der Waals surface area contributed by atoms with Crippen LogP contribution in [0.4, 0.5) is 0 Å². The number of carbonyl (C=O) groups is 2. The average Bonchev–Trinajstić information content (AvgIpc) is 2.96. The third-order valence-corrected chi connectivity index (χ3v) is 8.35. The average molecular weight is 535 g/mol. The molecule has 8 nitrogen and oxygen atoms in total. The van der Waals surface area contributed by atoms with Gasteiger partial charge in [-0.15, -0.1) is 0 Å². The third kappa shape index (κ3) is 7.38. The summed E-state index contributed by atoms with van der Waals surface area (Å²) in [7, 11) is 0. The molecule has 2 saturated heterocycles. The zero-order valence-electron chi connectivity index (χ0n) is 23.0. The van der Waals surface area contributed by atoms with E-state index in [1.54, 1.807) is 12.1 Å². The molecule has 39 heavy (non-hydrogen) atoms. The van der Waals surface area contributed by atoms with Crippen LogP contribution >= 0.6 is 0 Å². The summed E-state index contributed by atoms with van der Waals surface area (Å²) in [4.78, 5) is 31.1. The summed E-state index contributed by atoms with van der Waals surface area (Å²) >= 11 is 0. The minimum Gasteiger partial charge on any atom is -0.491 e. The number of para-hydroxylation sites is 1. The van der Waals surface area contributed by atoms with Gasteiger partial charge < -0.3 is 20.1 Å². The van der Waals surface area contributed by atoms with Crippen molar-refractivity contribution in [2.45, 2.75) is 45.2 Å². The molecule has 3 aliphatic heterocycles. The second-order valence-electron chi connectivity index (χ2n) is 11.1. The topological polar surface area (TPSA) is 83.1 Å². The predicted octanol–water partition coefficient (Wildman–Crippen LogP) is 3.21. The summed E-state index contributed by atoms with van der Waals surface area (Å²) in [5, 5.41) is 6.18. The number of carbonyl (C=O) groups excluding carboxylic acids is 2. The second-order valence-corrected chi connectivity index (χ2v) is 11.1. The number of amides is 2. The normalized spacial score (nSPS) is 21.7. The Labute approximate surface area is 232 Å². The highest BCUT2D eigenvalue weighted by Crippen LogP contribution is 2.37. The standard InChI is InChI=1S/C31H42N4O4/c36-29-27-8-1-2-9-28(27)39-19-14-33-30(37)31(10-3-4-13-32-29)11-15-34(16-12-31)23-25-6-5-7-26(22-25)24-35-17-20-38-21-18-35/h1-2,5-9,22H,3-4,10-21,23-24H2,(H,32,36)(H,33,37). The summed E-state index contributed by atoms with van der Waals surface area (Å²) < 4.78 is 11.4. The minimum atomic E-state index is -0.360. The number of nitrogens with one attached hydrogen (secondary N) is 2. The number of benzene rings is 2. The van der Waals surface area contributed by atoms with Crippen LogP contribution in [0.1, 0.15) is 53.6 Å². The van der Waals surface area contributed by atoms with E-state index >= 15 is 0 Å². The van der Waals surface area contributed by atoms with Gasteiger partial charge in [0.25, 0.3) is 5.91 Å². The van der Waals surface area contributed by atoms with Crippen molar-refractivity contribution < 1.29 is 19.1 Å². The molecule has 2 N–H and O–H groups in total. The van der Waals surface area contributed by atoms with E-state index in [0.29, 0.717) is 31.0 Å². The van der Waals surface area contributed by atoms with Crippen molar-refractivity contribution >= 4 is 11.8 Å². The Morgan fingerprint density at radius 1 is 0.744 bits per heavy atom. The molecule has 2 aromatic rings. The molecule has 0 radical (unpaired) electrons. The molecule has 3 aliphatic rings. The number of hydrogen-bond donors (Lipinski definition) is 2. The molecule has 2 fully saturated rings. The largest absolute Gasteiger partial charge is 0.491 e. The lowest BCUT2D eigenvalue weighted by Gasteiger charge is -2.41. The van der Waals surface area contributed by atoms with E-state index in [-0.39, 0.29) is 17.2 Å². The maximum Gasteiger partial charge on any atom is 0.255 e. The first kappa shape index (κ1) is 27.6. The smallest absolute Gasteiger partial charge is 0.255 e. The van der Waals surface area contributed by atoms with Gasteiger partial charge in [-0.2, -0.15) is 0 Å². The zero-order chi connectivity index (χ0) is 26.9. The van der Waals surface area contributed by atoms with Crippen molar-refractivity contribution in [3.63, 3.8) is 0 Å². The highest BCUT2D eigenvalue weighted by Gasteiger charge is 2.40. The van der Waals surface area contributed by atoms with Crippen molar-refractivity contribution in [1.82, 2.24) is 20.4 Å². The zero-order valence-corrected chi connectivity index (χ0v) is 23.0. The number of nitrogens with zero attached hydrogens (tertiary/aromatic N) is 2. The van der Waals surface area contributed by atoms with Crippen LogP contribution in [0.2, 0.25) is 0 Å². The Morgan fingerprint density at radius 2 is 1.46 bits per heavy atom. The Morgan fingerprint density at radius 3 is 2.23 bits per heavy atom. The Balaban J connectivity index is 1.17. The van der Waals surface area contributed by atoms with Crippen molar-refractivity contribution in [3.8, 4) is 5.75 Å². The SMILES string of the molecule is O=C1NCCCCC2(CCN(Cc3cccc(CN4CCOCC4)c3)CC2)C(=O)NCCOc2ccccc21. The van der Waals surface area contributed by atoms with Crippen LogP contribution in [0, 0.1) is 5.41 Å². The van der Waals surface area contributed by atoms with Gasteiger partial charge in [0.05, 0.1) is 30.7 Å². The highest BCUT2D eigenvalue weighted by atomic mass is 16.5. The van der Waals surface area contributed by atoms with Crippen LogP contribution in [0.3, 0.4) is 0 Å². The number of hydrogen-bond acceptors (Lipinski definition) is 6. The van der Waals surface area contributed by atoms with Gasteiger partial charge >= 0.3 is 0 Å². The Hall–Kier alpha value is -2.94. The van der Waals surface area contributed by atoms with Gasteiger partial charge in [0, 0.05) is 32.7 Å². The molecule has 3 heterocycles. The molecule has 5 rings (SSSR count). The summed E-state index contributed by atoms with van der Waals surface area (Å²) in [6.07, 6.45) is 4.30. The molecule has 0 bridgehead atoms. The molecule has 2 aromatic carbocycles. The van der Waals surface area contributed by atoms with Gasteiger partial charge in [0.15, 0.2) is 0 Å². The maximum atomic E-state index is 13.5. The van der Waals surface area contributed by atoms with E-state index in [4.69, 9.17) is 9.47 Å². The van der Waals surface area contributed by atoms with Gasteiger partial charge in [-0.25, -0.2) is 0 Å². The van der Waals surface area contributed by atoms with Gasteiger partial charge in [-0.1, -0.05) is 42.8 Å². The first-order chi connectivity index (χ1) is 19.1. The van der Waals surface area contributed by atoms with Crippen LogP contribution in [0.15, 0.2) is 48.5 Å². The Bertz CT molecular complexity index is 1110. The van der Waals surface area contributed by atoms with Crippen LogP contribution in [0.5, 0.6) is 5.75 Å². The summed E-state index contributed by atoms with van der Waals surface area (Å²) in [5.41, 5.74) is 2.86. The molecule has 2 amide bonds. The predicted molar refractivity (Wildman–Crippen MR) is 151 cm³/mol. The highest BCUT2D eigenvalue weighted by molar-refractivity contribution is 5.96.